The minimum absolute atomic E-state index is 0.0698. The quantitative estimate of drug-likeness (QED) is 0.530. The Morgan fingerprint density at radius 2 is 2.03 bits per heavy atom. The van der Waals surface area contributed by atoms with Gasteiger partial charge in [0, 0.05) is 29.4 Å². The third-order valence-corrected chi connectivity index (χ3v) is 7.09. The maximum Gasteiger partial charge on any atom is 0.264 e. The number of rotatable bonds is 5. The average Bonchev–Trinajstić information content (AvgIpc) is 3.10. The average molecular weight is 468 g/mol. The van der Waals surface area contributed by atoms with E-state index in [0.717, 1.165) is 30.7 Å². The van der Waals surface area contributed by atoms with Gasteiger partial charge in [-0.05, 0) is 86.3 Å². The van der Waals surface area contributed by atoms with Crippen molar-refractivity contribution < 1.29 is 13.9 Å². The summed E-state index contributed by atoms with van der Waals surface area (Å²) in [6.45, 7) is 10.0. The molecule has 2 aliphatic rings. The number of hydrogen-bond acceptors (Lipinski definition) is 5. The Morgan fingerprint density at radius 1 is 1.30 bits per heavy atom. The second kappa shape index (κ2) is 9.21. The van der Waals surface area contributed by atoms with Crippen LogP contribution in [0.25, 0.3) is 6.08 Å². The maximum absolute atomic E-state index is 13.1. The molecule has 2 aromatic rings. The molecule has 2 aliphatic heterocycles. The molecule has 0 spiro atoms. The van der Waals surface area contributed by atoms with E-state index in [0.29, 0.717) is 21.7 Å². The Hall–Kier alpha value is -2.80. The van der Waals surface area contributed by atoms with Crippen molar-refractivity contribution in [3.05, 3.63) is 58.2 Å². The zero-order valence-electron chi connectivity index (χ0n) is 19.7. The summed E-state index contributed by atoms with van der Waals surface area (Å²) in [6.07, 6.45) is 3.99. The Morgan fingerprint density at radius 3 is 2.70 bits per heavy atom. The minimum atomic E-state index is -0.322. The summed E-state index contributed by atoms with van der Waals surface area (Å²) in [5.74, 6) is 0.607. The number of hydrogen-bond donors (Lipinski definition) is 1. The molecule has 1 amide bonds. The number of amides is 1. The van der Waals surface area contributed by atoms with Crippen molar-refractivity contribution >= 4 is 40.3 Å². The van der Waals surface area contributed by atoms with Gasteiger partial charge in [0.2, 0.25) is 0 Å². The SMILES string of the molecule is CCCN1c2cc(OC)c(/C=C3/SC(=Nc4ccc(F)cc4)NC3=O)cc2C(C)CC1(C)C. The van der Waals surface area contributed by atoms with Crippen molar-refractivity contribution in [1.29, 1.82) is 0 Å². The van der Waals surface area contributed by atoms with E-state index >= 15 is 0 Å². The van der Waals surface area contributed by atoms with Crippen LogP contribution in [0.4, 0.5) is 15.8 Å². The summed E-state index contributed by atoms with van der Waals surface area (Å²) in [6, 6.07) is 10.1. The Balaban J connectivity index is 1.69. The molecule has 2 heterocycles. The Bertz CT molecular complexity index is 1130. The number of benzene rings is 2. The minimum Gasteiger partial charge on any atom is -0.496 e. The fourth-order valence-electron chi connectivity index (χ4n) is 4.72. The first-order valence-electron chi connectivity index (χ1n) is 11.3. The van der Waals surface area contributed by atoms with Gasteiger partial charge in [-0.1, -0.05) is 13.8 Å². The molecule has 1 saturated heterocycles. The number of amidine groups is 1. The van der Waals surface area contributed by atoms with E-state index in [2.05, 4.69) is 55.0 Å². The Kier molecular flexibility index (Phi) is 6.52. The molecular formula is C26H30FN3O2S. The van der Waals surface area contributed by atoms with Crippen LogP contribution in [0, 0.1) is 5.82 Å². The standard InChI is InChI=1S/C26H30FN3O2S/c1-6-11-30-21-14-22(32-5)17(12-20(21)16(2)15-26(30,3)4)13-23-24(31)29-25(33-23)28-19-9-7-18(27)8-10-19/h7-10,12-14,16H,6,11,15H2,1-5H3,(H,28,29,31)/b23-13+. The zero-order chi connectivity index (χ0) is 23.8. The van der Waals surface area contributed by atoms with Crippen LogP contribution < -0.4 is 15.0 Å². The van der Waals surface area contributed by atoms with E-state index < -0.39 is 0 Å². The number of anilines is 1. The predicted molar refractivity (Wildman–Crippen MR) is 135 cm³/mol. The molecule has 5 nitrogen and oxygen atoms in total. The van der Waals surface area contributed by atoms with Gasteiger partial charge in [-0.25, -0.2) is 9.38 Å². The van der Waals surface area contributed by atoms with Crippen LogP contribution in [0.5, 0.6) is 5.75 Å². The van der Waals surface area contributed by atoms with Crippen molar-refractivity contribution in [2.45, 2.75) is 52.0 Å². The lowest BCUT2D eigenvalue weighted by Gasteiger charge is -2.47. The largest absolute Gasteiger partial charge is 0.496 e. The number of nitrogens with one attached hydrogen (secondary N) is 1. The van der Waals surface area contributed by atoms with Crippen molar-refractivity contribution in [1.82, 2.24) is 5.32 Å². The third kappa shape index (κ3) is 4.78. The molecule has 1 atom stereocenters. The van der Waals surface area contributed by atoms with Crippen LogP contribution >= 0.6 is 11.8 Å². The summed E-state index contributed by atoms with van der Waals surface area (Å²) in [5, 5.41) is 3.26. The normalized spacial score (nSPS) is 21.9. The van der Waals surface area contributed by atoms with Crippen LogP contribution in [0.2, 0.25) is 0 Å². The van der Waals surface area contributed by atoms with E-state index in [-0.39, 0.29) is 17.3 Å². The monoisotopic (exact) mass is 467 g/mol. The van der Waals surface area contributed by atoms with Gasteiger partial charge >= 0.3 is 0 Å². The predicted octanol–water partition coefficient (Wildman–Crippen LogP) is 6.23. The lowest BCUT2D eigenvalue weighted by molar-refractivity contribution is -0.115. The zero-order valence-corrected chi connectivity index (χ0v) is 20.6. The molecule has 0 radical (unpaired) electrons. The van der Waals surface area contributed by atoms with Gasteiger partial charge < -0.3 is 15.0 Å². The fourth-order valence-corrected chi connectivity index (χ4v) is 5.55. The molecule has 1 fully saturated rings. The molecule has 1 unspecified atom stereocenters. The molecule has 0 aliphatic carbocycles. The number of carbonyl (C=O) groups is 1. The van der Waals surface area contributed by atoms with Gasteiger partial charge in [-0.15, -0.1) is 0 Å². The summed E-state index contributed by atoms with van der Waals surface area (Å²) < 4.78 is 18.9. The van der Waals surface area contributed by atoms with Gasteiger partial charge in [-0.2, -0.15) is 0 Å². The molecule has 0 bridgehead atoms. The second-order valence-corrected chi connectivity index (χ2v) is 10.2. The molecule has 0 aromatic heterocycles. The van der Waals surface area contributed by atoms with Gasteiger partial charge in [0.1, 0.15) is 11.6 Å². The van der Waals surface area contributed by atoms with Crippen molar-refractivity contribution in [3.63, 3.8) is 0 Å². The van der Waals surface area contributed by atoms with E-state index in [4.69, 9.17) is 4.74 Å². The number of ether oxygens (including phenoxy) is 1. The van der Waals surface area contributed by atoms with Gasteiger partial charge in [0.05, 0.1) is 17.7 Å². The highest BCUT2D eigenvalue weighted by molar-refractivity contribution is 8.18. The molecule has 4 rings (SSSR count). The number of aliphatic imine (C=N–C) groups is 1. The first kappa shape index (κ1) is 23.4. The van der Waals surface area contributed by atoms with Crippen molar-refractivity contribution in [2.75, 3.05) is 18.6 Å². The van der Waals surface area contributed by atoms with E-state index in [1.54, 1.807) is 19.2 Å². The number of thioether (sulfide) groups is 1. The molecule has 7 heteroatoms. The van der Waals surface area contributed by atoms with Crippen LogP contribution in [-0.4, -0.2) is 30.3 Å². The van der Waals surface area contributed by atoms with E-state index in [9.17, 15) is 9.18 Å². The summed E-state index contributed by atoms with van der Waals surface area (Å²) >= 11 is 1.27. The summed E-state index contributed by atoms with van der Waals surface area (Å²) in [7, 11) is 1.66. The number of carbonyl (C=O) groups excluding carboxylic acids is 1. The molecular weight excluding hydrogens is 437 g/mol. The first-order chi connectivity index (χ1) is 15.7. The van der Waals surface area contributed by atoms with Crippen LogP contribution in [-0.2, 0) is 4.79 Å². The van der Waals surface area contributed by atoms with Crippen LogP contribution in [0.15, 0.2) is 46.3 Å². The molecule has 174 valence electrons. The molecule has 0 saturated carbocycles. The van der Waals surface area contributed by atoms with E-state index in [1.165, 1.54) is 35.1 Å². The number of nitrogens with zero attached hydrogens (tertiary/aromatic N) is 2. The van der Waals surface area contributed by atoms with Crippen molar-refractivity contribution in [2.24, 2.45) is 4.99 Å². The third-order valence-electron chi connectivity index (χ3n) is 6.18. The number of fused-ring (bicyclic) bond motifs is 1. The number of methoxy groups -OCH3 is 1. The van der Waals surface area contributed by atoms with Crippen LogP contribution in [0.3, 0.4) is 0 Å². The van der Waals surface area contributed by atoms with Gasteiger partial charge in [-0.3, -0.25) is 4.79 Å². The summed E-state index contributed by atoms with van der Waals surface area (Å²) in [5.41, 5.74) is 4.01. The van der Waals surface area contributed by atoms with Crippen LogP contribution in [0.1, 0.15) is 57.6 Å². The lowest BCUT2D eigenvalue weighted by Crippen LogP contribution is -2.48. The number of halogens is 1. The first-order valence-corrected chi connectivity index (χ1v) is 12.1. The Labute approximate surface area is 199 Å². The molecule has 1 N–H and O–H groups in total. The summed E-state index contributed by atoms with van der Waals surface area (Å²) in [4.78, 5) is 20.1. The maximum atomic E-state index is 13.1. The fraction of sp³-hybridized carbons (Fsp3) is 0.385. The van der Waals surface area contributed by atoms with E-state index in [1.807, 2.05) is 6.08 Å². The lowest BCUT2D eigenvalue weighted by atomic mass is 9.79. The highest BCUT2D eigenvalue weighted by atomic mass is 32.2. The highest BCUT2D eigenvalue weighted by Crippen LogP contribution is 2.46. The highest BCUT2D eigenvalue weighted by Gasteiger charge is 2.36. The molecule has 33 heavy (non-hydrogen) atoms. The smallest absolute Gasteiger partial charge is 0.264 e. The van der Waals surface area contributed by atoms with Gasteiger partial charge in [0.15, 0.2) is 5.17 Å². The molecule has 2 aromatic carbocycles. The second-order valence-electron chi connectivity index (χ2n) is 9.18. The van der Waals surface area contributed by atoms with Crippen molar-refractivity contribution in [3.8, 4) is 5.75 Å². The van der Waals surface area contributed by atoms with Gasteiger partial charge in [0.25, 0.3) is 5.91 Å². The topological polar surface area (TPSA) is 53.9 Å².